The number of ether oxygens (including phenoxy) is 1. The van der Waals surface area contributed by atoms with Gasteiger partial charge in [0.15, 0.2) is 11.6 Å². The molecule has 1 aliphatic rings. The van der Waals surface area contributed by atoms with Gasteiger partial charge < -0.3 is 9.64 Å². The van der Waals surface area contributed by atoms with Crippen LogP contribution in [0.3, 0.4) is 0 Å². The average molecular weight is 196 g/mol. The Balaban J connectivity index is 2.30. The second-order valence-electron chi connectivity index (χ2n) is 3.68. The Morgan fingerprint density at radius 2 is 2.14 bits per heavy atom. The summed E-state index contributed by atoms with van der Waals surface area (Å²) in [6.07, 6.45) is 5.15. The lowest BCUT2D eigenvalue weighted by molar-refractivity contribution is 0.301. The van der Waals surface area contributed by atoms with Gasteiger partial charge in [-0.25, -0.2) is 4.39 Å². The molecule has 3 nitrogen and oxygen atoms in total. The molecular formula is C10H13FN2O. The molecule has 1 aromatic rings. The molecule has 0 saturated heterocycles. The van der Waals surface area contributed by atoms with Crippen LogP contribution in [0.4, 0.5) is 10.1 Å². The Labute approximate surface area is 82.5 Å². The highest BCUT2D eigenvalue weighted by atomic mass is 19.1. The molecule has 1 saturated carbocycles. The lowest BCUT2D eigenvalue weighted by Gasteiger charge is -2.17. The van der Waals surface area contributed by atoms with E-state index < -0.39 is 0 Å². The molecule has 1 fully saturated rings. The van der Waals surface area contributed by atoms with E-state index >= 15 is 0 Å². The van der Waals surface area contributed by atoms with Crippen molar-refractivity contribution >= 4 is 5.69 Å². The Bertz CT molecular complexity index is 337. The quantitative estimate of drug-likeness (QED) is 0.737. The summed E-state index contributed by atoms with van der Waals surface area (Å²) < 4.78 is 18.9. The SMILES string of the molecule is CN(C)c1c(F)cncc1OC1CC1. The second-order valence-corrected chi connectivity index (χ2v) is 3.68. The summed E-state index contributed by atoms with van der Waals surface area (Å²) in [5.41, 5.74) is 0.479. The van der Waals surface area contributed by atoms with Crippen LogP contribution in [0.25, 0.3) is 0 Å². The highest BCUT2D eigenvalue weighted by molar-refractivity contribution is 5.57. The highest BCUT2D eigenvalue weighted by Crippen LogP contribution is 2.34. The molecule has 0 bridgehead atoms. The van der Waals surface area contributed by atoms with Gasteiger partial charge in [0.25, 0.3) is 0 Å². The van der Waals surface area contributed by atoms with Crippen molar-refractivity contribution in [2.75, 3.05) is 19.0 Å². The van der Waals surface area contributed by atoms with E-state index in [-0.39, 0.29) is 11.9 Å². The fourth-order valence-electron chi connectivity index (χ4n) is 1.30. The first-order valence-corrected chi connectivity index (χ1v) is 4.66. The van der Waals surface area contributed by atoms with E-state index in [1.807, 2.05) is 0 Å². The van der Waals surface area contributed by atoms with Crippen molar-refractivity contribution in [2.24, 2.45) is 0 Å². The van der Waals surface area contributed by atoms with Gasteiger partial charge in [-0.15, -0.1) is 0 Å². The van der Waals surface area contributed by atoms with E-state index in [1.54, 1.807) is 25.2 Å². The number of hydrogen-bond donors (Lipinski definition) is 0. The molecule has 0 N–H and O–H groups in total. The van der Waals surface area contributed by atoms with Gasteiger partial charge in [0.1, 0.15) is 5.69 Å². The maximum atomic E-state index is 13.4. The van der Waals surface area contributed by atoms with Crippen LogP contribution in [0.1, 0.15) is 12.8 Å². The fourth-order valence-corrected chi connectivity index (χ4v) is 1.30. The monoisotopic (exact) mass is 196 g/mol. The van der Waals surface area contributed by atoms with Crippen molar-refractivity contribution < 1.29 is 9.13 Å². The second kappa shape index (κ2) is 3.44. The number of aromatic nitrogens is 1. The molecule has 76 valence electrons. The van der Waals surface area contributed by atoms with Crippen LogP contribution in [-0.2, 0) is 0 Å². The molecule has 14 heavy (non-hydrogen) atoms. The van der Waals surface area contributed by atoms with E-state index in [1.165, 1.54) is 6.20 Å². The molecule has 1 aromatic heterocycles. The van der Waals surface area contributed by atoms with Crippen molar-refractivity contribution in [1.29, 1.82) is 0 Å². The topological polar surface area (TPSA) is 25.4 Å². The highest BCUT2D eigenvalue weighted by Gasteiger charge is 2.25. The van der Waals surface area contributed by atoms with E-state index in [9.17, 15) is 4.39 Å². The number of halogens is 1. The summed E-state index contributed by atoms with van der Waals surface area (Å²) >= 11 is 0. The van der Waals surface area contributed by atoms with E-state index in [4.69, 9.17) is 4.74 Å². The summed E-state index contributed by atoms with van der Waals surface area (Å²) in [7, 11) is 3.58. The van der Waals surface area contributed by atoms with Gasteiger partial charge in [-0.2, -0.15) is 0 Å². The van der Waals surface area contributed by atoms with Crippen molar-refractivity contribution in [2.45, 2.75) is 18.9 Å². The molecule has 1 aliphatic carbocycles. The maximum Gasteiger partial charge on any atom is 0.168 e. The smallest absolute Gasteiger partial charge is 0.168 e. The minimum Gasteiger partial charge on any atom is -0.487 e. The lowest BCUT2D eigenvalue weighted by Crippen LogP contribution is -2.13. The predicted octanol–water partition coefficient (Wildman–Crippen LogP) is 1.83. The minimum atomic E-state index is -0.340. The molecule has 0 atom stereocenters. The Morgan fingerprint density at radius 3 is 2.71 bits per heavy atom. The van der Waals surface area contributed by atoms with E-state index in [0.717, 1.165) is 12.8 Å². The number of nitrogens with zero attached hydrogens (tertiary/aromatic N) is 2. The first kappa shape index (κ1) is 9.24. The normalized spacial score (nSPS) is 15.4. The zero-order valence-corrected chi connectivity index (χ0v) is 8.33. The first-order chi connectivity index (χ1) is 6.68. The number of anilines is 1. The van der Waals surface area contributed by atoms with Gasteiger partial charge in [-0.1, -0.05) is 0 Å². The summed E-state index contributed by atoms with van der Waals surface area (Å²) in [6.45, 7) is 0. The van der Waals surface area contributed by atoms with Crippen LogP contribution >= 0.6 is 0 Å². The Hall–Kier alpha value is -1.32. The van der Waals surface area contributed by atoms with Gasteiger partial charge in [0.2, 0.25) is 0 Å². The van der Waals surface area contributed by atoms with E-state index in [0.29, 0.717) is 11.4 Å². The first-order valence-electron chi connectivity index (χ1n) is 4.66. The molecule has 1 heterocycles. The van der Waals surface area contributed by atoms with Crippen molar-refractivity contribution in [3.63, 3.8) is 0 Å². The van der Waals surface area contributed by atoms with Gasteiger partial charge >= 0.3 is 0 Å². The van der Waals surface area contributed by atoms with Crippen LogP contribution in [-0.4, -0.2) is 25.2 Å². The van der Waals surface area contributed by atoms with Crippen molar-refractivity contribution in [1.82, 2.24) is 4.98 Å². The molecule has 0 unspecified atom stereocenters. The van der Waals surface area contributed by atoms with Gasteiger partial charge in [-0.3, -0.25) is 4.98 Å². The standard InChI is InChI=1S/C10H13FN2O/c1-13(2)10-8(11)5-12-6-9(10)14-7-3-4-7/h5-7H,3-4H2,1-2H3. The largest absolute Gasteiger partial charge is 0.487 e. The van der Waals surface area contributed by atoms with Crippen LogP contribution < -0.4 is 9.64 Å². The molecule has 4 heteroatoms. The van der Waals surface area contributed by atoms with Gasteiger partial charge in [0.05, 0.1) is 18.5 Å². The fraction of sp³-hybridized carbons (Fsp3) is 0.500. The molecule has 0 radical (unpaired) electrons. The third-order valence-corrected chi connectivity index (χ3v) is 2.10. The van der Waals surface area contributed by atoms with E-state index in [2.05, 4.69) is 4.98 Å². The van der Waals surface area contributed by atoms with Crippen molar-refractivity contribution in [3.05, 3.63) is 18.2 Å². The van der Waals surface area contributed by atoms with Gasteiger partial charge in [0, 0.05) is 14.1 Å². The minimum absolute atomic E-state index is 0.261. The summed E-state index contributed by atoms with van der Waals surface area (Å²) in [4.78, 5) is 5.48. The zero-order chi connectivity index (χ0) is 10.1. The molecule has 0 amide bonds. The number of rotatable bonds is 3. The Morgan fingerprint density at radius 1 is 1.43 bits per heavy atom. The summed E-state index contributed by atoms with van der Waals surface area (Å²) in [6, 6.07) is 0. The third-order valence-electron chi connectivity index (χ3n) is 2.10. The predicted molar refractivity (Wildman–Crippen MR) is 52.2 cm³/mol. The van der Waals surface area contributed by atoms with Crippen LogP contribution in [0.5, 0.6) is 5.75 Å². The van der Waals surface area contributed by atoms with Crippen LogP contribution in [0.15, 0.2) is 12.4 Å². The number of hydrogen-bond acceptors (Lipinski definition) is 3. The van der Waals surface area contributed by atoms with Gasteiger partial charge in [-0.05, 0) is 12.8 Å². The third kappa shape index (κ3) is 1.78. The Kier molecular flexibility index (Phi) is 2.27. The molecule has 0 aromatic carbocycles. The lowest BCUT2D eigenvalue weighted by atomic mass is 10.3. The van der Waals surface area contributed by atoms with Crippen LogP contribution in [0.2, 0.25) is 0 Å². The van der Waals surface area contributed by atoms with Crippen LogP contribution in [0, 0.1) is 5.82 Å². The molecule has 0 spiro atoms. The molecule has 2 rings (SSSR count). The summed E-state index contributed by atoms with van der Waals surface area (Å²) in [5.74, 6) is 0.200. The maximum absolute atomic E-state index is 13.4. The number of pyridine rings is 1. The summed E-state index contributed by atoms with van der Waals surface area (Å²) in [5, 5.41) is 0. The van der Waals surface area contributed by atoms with Crippen molar-refractivity contribution in [3.8, 4) is 5.75 Å². The average Bonchev–Trinajstić information content (AvgIpc) is 2.87. The molecule has 0 aliphatic heterocycles. The zero-order valence-electron chi connectivity index (χ0n) is 8.33. The molecular weight excluding hydrogens is 183 g/mol.